The monoisotopic (exact) mass is 291 g/mol. The first-order valence-corrected chi connectivity index (χ1v) is 6.70. The van der Waals surface area contributed by atoms with Crippen LogP contribution in [-0.4, -0.2) is 22.1 Å². The highest BCUT2D eigenvalue weighted by atomic mass is 32.1. The predicted octanol–water partition coefficient (Wildman–Crippen LogP) is 3.02. The molecule has 5 nitrogen and oxygen atoms in total. The number of hydrogen-bond acceptors (Lipinski definition) is 4. The summed E-state index contributed by atoms with van der Waals surface area (Å²) in [6.07, 6.45) is 0. The summed E-state index contributed by atoms with van der Waals surface area (Å²) in [6.45, 7) is 3.44. The molecule has 2 rings (SSSR count). The minimum absolute atomic E-state index is 0.0805. The van der Waals surface area contributed by atoms with Crippen LogP contribution in [0, 0.1) is 13.8 Å². The molecule has 0 fully saturated rings. The van der Waals surface area contributed by atoms with Crippen LogP contribution in [0.4, 0.5) is 5.69 Å². The number of benzene rings is 1. The van der Waals surface area contributed by atoms with Gasteiger partial charge < -0.3 is 15.5 Å². The number of carboxylic acid groups (broad SMARTS) is 1. The smallest absolute Gasteiger partial charge is 0.348 e. The van der Waals surface area contributed by atoms with Crippen molar-refractivity contribution in [1.82, 2.24) is 0 Å². The van der Waals surface area contributed by atoms with E-state index in [1.165, 1.54) is 18.2 Å². The summed E-state index contributed by atoms with van der Waals surface area (Å²) in [6, 6.07) is 4.40. The molecular formula is C14H13NO4S. The van der Waals surface area contributed by atoms with Gasteiger partial charge in [0.15, 0.2) is 0 Å². The first-order chi connectivity index (χ1) is 9.40. The standard InChI is InChI=1S/C14H13NO4S/c1-7-5-9(16)3-4-10(7)13(17)15-11-8(2)6-20-12(11)14(18)19/h3-6,16H,1-2H3,(H,15,17)(H,18,19). The van der Waals surface area contributed by atoms with E-state index in [4.69, 9.17) is 5.11 Å². The molecule has 0 spiro atoms. The lowest BCUT2D eigenvalue weighted by atomic mass is 10.1. The number of carboxylic acids is 1. The van der Waals surface area contributed by atoms with Gasteiger partial charge in [0.1, 0.15) is 10.6 Å². The summed E-state index contributed by atoms with van der Waals surface area (Å²) in [5, 5.41) is 22.7. The average Bonchev–Trinajstić information content (AvgIpc) is 2.71. The van der Waals surface area contributed by atoms with Crippen molar-refractivity contribution in [2.24, 2.45) is 0 Å². The second kappa shape index (κ2) is 5.34. The highest BCUT2D eigenvalue weighted by molar-refractivity contribution is 7.12. The molecule has 0 unspecified atom stereocenters. The molecule has 0 radical (unpaired) electrons. The second-order valence-corrected chi connectivity index (χ2v) is 5.26. The maximum absolute atomic E-state index is 12.2. The van der Waals surface area contributed by atoms with Gasteiger partial charge in [0.2, 0.25) is 0 Å². The van der Waals surface area contributed by atoms with E-state index < -0.39 is 11.9 Å². The van der Waals surface area contributed by atoms with Crippen LogP contribution in [0.3, 0.4) is 0 Å². The van der Waals surface area contributed by atoms with Gasteiger partial charge in [0, 0.05) is 5.56 Å². The molecule has 1 aromatic heterocycles. The van der Waals surface area contributed by atoms with Gasteiger partial charge in [-0.25, -0.2) is 4.79 Å². The molecule has 6 heteroatoms. The van der Waals surface area contributed by atoms with Gasteiger partial charge in [-0.05, 0) is 48.6 Å². The largest absolute Gasteiger partial charge is 0.508 e. The SMILES string of the molecule is Cc1cc(O)ccc1C(=O)Nc1c(C)csc1C(=O)O. The molecule has 0 atom stereocenters. The molecule has 1 heterocycles. The molecule has 0 saturated carbocycles. The fourth-order valence-corrected chi connectivity index (χ4v) is 2.68. The first-order valence-electron chi connectivity index (χ1n) is 5.82. The van der Waals surface area contributed by atoms with E-state index in [-0.39, 0.29) is 10.6 Å². The van der Waals surface area contributed by atoms with Crippen LogP contribution < -0.4 is 5.32 Å². The van der Waals surface area contributed by atoms with Crippen LogP contribution in [0.1, 0.15) is 31.2 Å². The van der Waals surface area contributed by atoms with Gasteiger partial charge in [0.25, 0.3) is 5.91 Å². The molecule has 1 amide bonds. The summed E-state index contributed by atoms with van der Waals surface area (Å²) < 4.78 is 0. The molecule has 0 aliphatic carbocycles. The zero-order chi connectivity index (χ0) is 14.9. The Kier molecular flexibility index (Phi) is 3.76. The van der Waals surface area contributed by atoms with Gasteiger partial charge in [0.05, 0.1) is 5.69 Å². The number of amides is 1. The van der Waals surface area contributed by atoms with E-state index in [1.807, 2.05) is 0 Å². The normalized spacial score (nSPS) is 10.3. The predicted molar refractivity (Wildman–Crippen MR) is 76.8 cm³/mol. The van der Waals surface area contributed by atoms with Crippen molar-refractivity contribution >= 4 is 28.9 Å². The molecule has 0 aliphatic rings. The number of hydrogen-bond donors (Lipinski definition) is 3. The van der Waals surface area contributed by atoms with Crippen molar-refractivity contribution in [3.63, 3.8) is 0 Å². The zero-order valence-electron chi connectivity index (χ0n) is 10.9. The number of phenolic OH excluding ortho intramolecular Hbond substituents is 1. The molecule has 3 N–H and O–H groups in total. The van der Waals surface area contributed by atoms with Crippen LogP contribution in [0.25, 0.3) is 0 Å². The van der Waals surface area contributed by atoms with Crippen molar-refractivity contribution in [2.45, 2.75) is 13.8 Å². The number of aromatic hydroxyl groups is 1. The van der Waals surface area contributed by atoms with Crippen molar-refractivity contribution in [3.05, 3.63) is 45.1 Å². The van der Waals surface area contributed by atoms with Crippen LogP contribution >= 0.6 is 11.3 Å². The van der Waals surface area contributed by atoms with E-state index in [0.29, 0.717) is 22.4 Å². The fraction of sp³-hybridized carbons (Fsp3) is 0.143. The quantitative estimate of drug-likeness (QED) is 0.811. The number of carbonyl (C=O) groups excluding carboxylic acids is 1. The molecular weight excluding hydrogens is 278 g/mol. The maximum atomic E-state index is 12.2. The maximum Gasteiger partial charge on any atom is 0.348 e. The van der Waals surface area contributed by atoms with Gasteiger partial charge in [-0.2, -0.15) is 0 Å². The summed E-state index contributed by atoms with van der Waals surface area (Å²) >= 11 is 1.07. The van der Waals surface area contributed by atoms with E-state index >= 15 is 0 Å². The number of thiophene rings is 1. The Morgan fingerprint density at radius 2 is 1.90 bits per heavy atom. The van der Waals surface area contributed by atoms with Crippen molar-refractivity contribution < 1.29 is 19.8 Å². The highest BCUT2D eigenvalue weighted by Crippen LogP contribution is 2.28. The molecule has 0 saturated heterocycles. The number of anilines is 1. The summed E-state index contributed by atoms with van der Waals surface area (Å²) in [5.41, 5.74) is 2.04. The van der Waals surface area contributed by atoms with E-state index in [2.05, 4.69) is 5.32 Å². The number of aromatic carboxylic acids is 1. The Balaban J connectivity index is 2.33. The molecule has 1 aromatic carbocycles. The zero-order valence-corrected chi connectivity index (χ0v) is 11.7. The van der Waals surface area contributed by atoms with Crippen molar-refractivity contribution in [2.75, 3.05) is 5.32 Å². The van der Waals surface area contributed by atoms with Crippen LogP contribution in [0.2, 0.25) is 0 Å². The van der Waals surface area contributed by atoms with Gasteiger partial charge in [-0.3, -0.25) is 4.79 Å². The third-order valence-corrected chi connectivity index (χ3v) is 3.95. The summed E-state index contributed by atoms with van der Waals surface area (Å²) in [7, 11) is 0. The highest BCUT2D eigenvalue weighted by Gasteiger charge is 2.18. The van der Waals surface area contributed by atoms with Crippen LogP contribution in [0.15, 0.2) is 23.6 Å². The van der Waals surface area contributed by atoms with Gasteiger partial charge in [-0.15, -0.1) is 11.3 Å². The third kappa shape index (κ3) is 2.65. The van der Waals surface area contributed by atoms with Crippen LogP contribution in [-0.2, 0) is 0 Å². The van der Waals surface area contributed by atoms with Crippen molar-refractivity contribution in [1.29, 1.82) is 0 Å². The Hall–Kier alpha value is -2.34. The minimum Gasteiger partial charge on any atom is -0.508 e. The Labute approximate surface area is 119 Å². The molecule has 2 aromatic rings. The van der Waals surface area contributed by atoms with E-state index in [9.17, 15) is 14.7 Å². The minimum atomic E-state index is -1.07. The van der Waals surface area contributed by atoms with E-state index in [1.54, 1.807) is 19.2 Å². The Bertz CT molecular complexity index is 690. The second-order valence-electron chi connectivity index (χ2n) is 4.38. The number of aryl methyl sites for hydroxylation is 2. The Morgan fingerprint density at radius 3 is 2.50 bits per heavy atom. The van der Waals surface area contributed by atoms with Gasteiger partial charge in [-0.1, -0.05) is 0 Å². The average molecular weight is 291 g/mol. The fourth-order valence-electron chi connectivity index (χ4n) is 1.84. The lowest BCUT2D eigenvalue weighted by molar-refractivity contribution is 0.0703. The topological polar surface area (TPSA) is 86.6 Å². The number of rotatable bonds is 3. The summed E-state index contributed by atoms with van der Waals surface area (Å²) in [4.78, 5) is 23.4. The lowest BCUT2D eigenvalue weighted by Crippen LogP contribution is -2.15. The third-order valence-electron chi connectivity index (χ3n) is 2.86. The van der Waals surface area contributed by atoms with Crippen LogP contribution in [0.5, 0.6) is 5.75 Å². The Morgan fingerprint density at radius 1 is 1.20 bits per heavy atom. The summed E-state index contributed by atoms with van der Waals surface area (Å²) in [5.74, 6) is -1.38. The first kappa shape index (κ1) is 14.1. The molecule has 0 aliphatic heterocycles. The molecule has 0 bridgehead atoms. The van der Waals surface area contributed by atoms with E-state index in [0.717, 1.165) is 11.3 Å². The van der Waals surface area contributed by atoms with Crippen molar-refractivity contribution in [3.8, 4) is 5.75 Å². The molecule has 104 valence electrons. The van der Waals surface area contributed by atoms with Gasteiger partial charge >= 0.3 is 5.97 Å². The lowest BCUT2D eigenvalue weighted by Gasteiger charge is -2.09. The molecule has 20 heavy (non-hydrogen) atoms. The number of nitrogens with one attached hydrogen (secondary N) is 1. The number of carbonyl (C=O) groups is 2. The number of phenols is 1.